The normalized spacial score (nSPS) is 12.4. The Morgan fingerprint density at radius 3 is 2.54 bits per heavy atom. The van der Waals surface area contributed by atoms with Gasteiger partial charge in [0.15, 0.2) is 5.82 Å². The highest BCUT2D eigenvalue weighted by Gasteiger charge is 2.41. The Kier molecular flexibility index (Phi) is 2.39. The second kappa shape index (κ2) is 3.19. The zero-order valence-corrected chi connectivity index (χ0v) is 6.29. The Balaban J connectivity index is 2.68. The SMILES string of the molecule is Nc1cnn(CC(F)(F)C(F)F)n1. The second-order valence-corrected chi connectivity index (χ2v) is 2.36. The standard InChI is InChI=1S/C5H6F4N4/c6-4(7)5(8,9)2-13-11-1-3(10)12-13/h1,4H,2H2,(H2,10,12). The van der Waals surface area contributed by atoms with Crippen LogP contribution in [0.4, 0.5) is 23.4 Å². The van der Waals surface area contributed by atoms with Gasteiger partial charge >= 0.3 is 12.3 Å². The van der Waals surface area contributed by atoms with E-state index in [1.54, 1.807) is 0 Å². The molecule has 1 aromatic heterocycles. The summed E-state index contributed by atoms with van der Waals surface area (Å²) in [6.07, 6.45) is -2.73. The number of nitrogens with zero attached hydrogens (tertiary/aromatic N) is 3. The van der Waals surface area contributed by atoms with Crippen molar-refractivity contribution in [2.24, 2.45) is 0 Å². The third kappa shape index (κ3) is 2.30. The molecule has 0 saturated carbocycles. The van der Waals surface area contributed by atoms with E-state index >= 15 is 0 Å². The molecule has 0 spiro atoms. The van der Waals surface area contributed by atoms with Crippen LogP contribution in [0.15, 0.2) is 6.20 Å². The number of alkyl halides is 4. The maximum atomic E-state index is 12.3. The summed E-state index contributed by atoms with van der Waals surface area (Å²) in [4.78, 5) is 0.432. The Hall–Kier alpha value is -1.34. The van der Waals surface area contributed by atoms with Crippen molar-refractivity contribution in [2.75, 3.05) is 5.73 Å². The summed E-state index contributed by atoms with van der Waals surface area (Å²) in [5.41, 5.74) is 5.05. The molecule has 0 radical (unpaired) electrons. The van der Waals surface area contributed by atoms with Gasteiger partial charge in [-0.25, -0.2) is 8.78 Å². The van der Waals surface area contributed by atoms with Crippen LogP contribution in [-0.4, -0.2) is 27.3 Å². The Bertz CT molecular complexity index is 284. The number of hydrogen-bond acceptors (Lipinski definition) is 3. The van der Waals surface area contributed by atoms with Crippen LogP contribution in [-0.2, 0) is 6.54 Å². The fourth-order valence-electron chi connectivity index (χ4n) is 0.644. The highest BCUT2D eigenvalue weighted by atomic mass is 19.3. The van der Waals surface area contributed by atoms with Crippen molar-refractivity contribution >= 4 is 5.82 Å². The minimum Gasteiger partial charge on any atom is -0.381 e. The molecule has 0 saturated heterocycles. The summed E-state index contributed by atoms with van der Waals surface area (Å²) in [5, 5.41) is 6.50. The van der Waals surface area contributed by atoms with E-state index < -0.39 is 18.9 Å². The smallest absolute Gasteiger partial charge is 0.328 e. The summed E-state index contributed by atoms with van der Waals surface area (Å²) in [6, 6.07) is 0. The highest BCUT2D eigenvalue weighted by Crippen LogP contribution is 2.24. The predicted molar refractivity (Wildman–Crippen MR) is 35.4 cm³/mol. The fourth-order valence-corrected chi connectivity index (χ4v) is 0.644. The number of nitrogens with two attached hydrogens (primary N) is 1. The molecule has 0 aliphatic carbocycles. The summed E-state index contributed by atoms with van der Waals surface area (Å²) in [6.45, 7) is -1.28. The van der Waals surface area contributed by atoms with Crippen molar-refractivity contribution in [3.8, 4) is 0 Å². The molecule has 13 heavy (non-hydrogen) atoms. The largest absolute Gasteiger partial charge is 0.381 e. The third-order valence-corrected chi connectivity index (χ3v) is 1.23. The van der Waals surface area contributed by atoms with E-state index in [1.165, 1.54) is 0 Å². The molecular weight excluding hydrogens is 192 g/mol. The van der Waals surface area contributed by atoms with Crippen LogP contribution in [0.1, 0.15) is 0 Å². The molecule has 1 heterocycles. The quantitative estimate of drug-likeness (QED) is 0.729. The minimum absolute atomic E-state index is 0.0925. The Morgan fingerprint density at radius 1 is 1.54 bits per heavy atom. The van der Waals surface area contributed by atoms with Gasteiger partial charge in [-0.3, -0.25) is 0 Å². The molecular formula is C5H6F4N4. The lowest BCUT2D eigenvalue weighted by molar-refractivity contribution is -0.141. The van der Waals surface area contributed by atoms with E-state index in [-0.39, 0.29) is 5.82 Å². The van der Waals surface area contributed by atoms with Gasteiger partial charge in [0.1, 0.15) is 6.54 Å². The maximum absolute atomic E-state index is 12.3. The maximum Gasteiger partial charge on any atom is 0.328 e. The van der Waals surface area contributed by atoms with E-state index in [0.29, 0.717) is 4.80 Å². The lowest BCUT2D eigenvalue weighted by atomic mass is 10.3. The van der Waals surface area contributed by atoms with Crippen LogP contribution in [0.5, 0.6) is 0 Å². The average molecular weight is 198 g/mol. The predicted octanol–water partition coefficient (Wildman–Crippen LogP) is 0.761. The second-order valence-electron chi connectivity index (χ2n) is 2.36. The van der Waals surface area contributed by atoms with E-state index in [9.17, 15) is 17.6 Å². The molecule has 0 bridgehead atoms. The van der Waals surface area contributed by atoms with Crippen molar-refractivity contribution in [1.82, 2.24) is 15.0 Å². The number of rotatable bonds is 3. The van der Waals surface area contributed by atoms with Crippen LogP contribution >= 0.6 is 0 Å². The molecule has 0 fully saturated rings. The van der Waals surface area contributed by atoms with Crippen LogP contribution in [0.3, 0.4) is 0 Å². The van der Waals surface area contributed by atoms with Gasteiger partial charge in [-0.15, -0.1) is 5.10 Å². The molecule has 1 rings (SSSR count). The molecule has 0 aliphatic heterocycles. The fraction of sp³-hybridized carbons (Fsp3) is 0.600. The van der Waals surface area contributed by atoms with Gasteiger partial charge in [0.05, 0.1) is 6.20 Å². The van der Waals surface area contributed by atoms with Crippen LogP contribution in [0.2, 0.25) is 0 Å². The number of anilines is 1. The molecule has 74 valence electrons. The lowest BCUT2D eigenvalue weighted by Gasteiger charge is -2.13. The summed E-state index contributed by atoms with van der Waals surface area (Å²) in [7, 11) is 0. The zero-order valence-electron chi connectivity index (χ0n) is 6.29. The Morgan fingerprint density at radius 2 is 2.15 bits per heavy atom. The summed E-state index contributed by atoms with van der Waals surface area (Å²) in [5.74, 6) is -4.23. The van der Waals surface area contributed by atoms with Crippen molar-refractivity contribution in [3.63, 3.8) is 0 Å². The molecule has 0 aliphatic rings. The van der Waals surface area contributed by atoms with Crippen molar-refractivity contribution in [1.29, 1.82) is 0 Å². The highest BCUT2D eigenvalue weighted by molar-refractivity contribution is 5.19. The van der Waals surface area contributed by atoms with E-state index in [0.717, 1.165) is 6.20 Å². The van der Waals surface area contributed by atoms with Gasteiger partial charge in [0.25, 0.3) is 0 Å². The molecule has 2 N–H and O–H groups in total. The average Bonchev–Trinajstić information content (AvgIpc) is 2.34. The molecule has 0 amide bonds. The van der Waals surface area contributed by atoms with E-state index in [2.05, 4.69) is 10.2 Å². The van der Waals surface area contributed by atoms with Gasteiger partial charge < -0.3 is 5.73 Å². The summed E-state index contributed by atoms with van der Waals surface area (Å²) >= 11 is 0. The van der Waals surface area contributed by atoms with Crippen LogP contribution in [0, 0.1) is 0 Å². The lowest BCUT2D eigenvalue weighted by Crippen LogP contribution is -2.33. The summed E-state index contributed by atoms with van der Waals surface area (Å²) < 4.78 is 48.0. The van der Waals surface area contributed by atoms with Crippen molar-refractivity contribution in [2.45, 2.75) is 18.9 Å². The molecule has 0 aromatic carbocycles. The van der Waals surface area contributed by atoms with Gasteiger partial charge in [-0.1, -0.05) is 0 Å². The van der Waals surface area contributed by atoms with Crippen molar-refractivity contribution in [3.05, 3.63) is 6.20 Å². The minimum atomic E-state index is -4.13. The monoisotopic (exact) mass is 198 g/mol. The first kappa shape index (κ1) is 9.75. The number of aromatic nitrogens is 3. The molecule has 4 nitrogen and oxygen atoms in total. The first-order valence-corrected chi connectivity index (χ1v) is 3.23. The molecule has 0 unspecified atom stereocenters. The first-order valence-electron chi connectivity index (χ1n) is 3.23. The third-order valence-electron chi connectivity index (χ3n) is 1.23. The first-order chi connectivity index (χ1) is 5.92. The van der Waals surface area contributed by atoms with Crippen LogP contribution in [0.25, 0.3) is 0 Å². The number of nitrogen functional groups attached to an aromatic ring is 1. The molecule has 0 atom stereocenters. The van der Waals surface area contributed by atoms with Gasteiger partial charge in [-0.05, 0) is 0 Å². The van der Waals surface area contributed by atoms with Crippen molar-refractivity contribution < 1.29 is 17.6 Å². The molecule has 1 aromatic rings. The molecule has 8 heteroatoms. The Labute approximate surface area is 70.3 Å². The zero-order chi connectivity index (χ0) is 10.1. The van der Waals surface area contributed by atoms with E-state index in [1.807, 2.05) is 0 Å². The number of halogens is 4. The van der Waals surface area contributed by atoms with Gasteiger partial charge in [0.2, 0.25) is 0 Å². The number of hydrogen-bond donors (Lipinski definition) is 1. The topological polar surface area (TPSA) is 56.7 Å². The van der Waals surface area contributed by atoms with E-state index in [4.69, 9.17) is 5.73 Å². The van der Waals surface area contributed by atoms with Crippen LogP contribution < -0.4 is 5.73 Å². The van der Waals surface area contributed by atoms with Gasteiger partial charge in [0, 0.05) is 0 Å². The van der Waals surface area contributed by atoms with Gasteiger partial charge in [-0.2, -0.15) is 18.7 Å².